The first kappa shape index (κ1) is 20.5. The second-order valence-corrected chi connectivity index (χ2v) is 7.91. The number of hydrogen-bond acceptors (Lipinski definition) is 4. The van der Waals surface area contributed by atoms with Crippen LogP contribution in [-0.4, -0.2) is 50.2 Å². The topological polar surface area (TPSA) is 42.0 Å². The molecule has 1 saturated heterocycles. The first-order valence-corrected chi connectivity index (χ1v) is 10.4. The molecule has 0 radical (unpaired) electrons. The van der Waals surface area contributed by atoms with Crippen molar-refractivity contribution in [3.8, 4) is 11.5 Å². The smallest absolute Gasteiger partial charge is 0.263 e. The van der Waals surface area contributed by atoms with Gasteiger partial charge in [-0.25, -0.2) is 0 Å². The molecule has 1 atom stereocenters. The van der Waals surface area contributed by atoms with Gasteiger partial charge in [-0.15, -0.1) is 0 Å². The van der Waals surface area contributed by atoms with E-state index in [2.05, 4.69) is 33.0 Å². The molecule has 1 heterocycles. The van der Waals surface area contributed by atoms with Gasteiger partial charge in [0.05, 0.1) is 11.6 Å². The molecule has 0 N–H and O–H groups in total. The third kappa shape index (κ3) is 4.98. The summed E-state index contributed by atoms with van der Waals surface area (Å²) < 4.78 is 12.0. The summed E-state index contributed by atoms with van der Waals surface area (Å²) in [6.45, 7) is 7.01. The monoisotopic (exact) mass is 446 g/mol. The number of amides is 1. The lowest BCUT2D eigenvalue weighted by Gasteiger charge is -2.26. The summed E-state index contributed by atoms with van der Waals surface area (Å²) in [5.41, 5.74) is 2.30. The average molecular weight is 447 g/mol. The molecule has 0 spiro atoms. The van der Waals surface area contributed by atoms with Gasteiger partial charge in [-0.2, -0.15) is 0 Å². The summed E-state index contributed by atoms with van der Waals surface area (Å²) in [6.07, 6.45) is 0.408. The van der Waals surface area contributed by atoms with Crippen molar-refractivity contribution < 1.29 is 14.3 Å². The second-order valence-electron chi connectivity index (χ2n) is 7.06. The number of aryl methyl sites for hydroxylation is 1. The fourth-order valence-corrected chi connectivity index (χ4v) is 3.98. The maximum atomic E-state index is 12.9. The lowest BCUT2D eigenvalue weighted by Crippen LogP contribution is -2.42. The Morgan fingerprint density at radius 2 is 1.82 bits per heavy atom. The van der Waals surface area contributed by atoms with Crippen LogP contribution in [0.4, 0.5) is 5.69 Å². The van der Waals surface area contributed by atoms with Crippen LogP contribution in [0.1, 0.15) is 18.9 Å². The van der Waals surface area contributed by atoms with Crippen LogP contribution in [0.2, 0.25) is 0 Å². The molecule has 28 heavy (non-hydrogen) atoms. The van der Waals surface area contributed by atoms with Crippen LogP contribution in [0.3, 0.4) is 0 Å². The predicted octanol–water partition coefficient (Wildman–Crippen LogP) is 4.27. The van der Waals surface area contributed by atoms with Crippen molar-refractivity contribution in [3.63, 3.8) is 0 Å². The summed E-state index contributed by atoms with van der Waals surface area (Å²) in [7, 11) is 1.67. The van der Waals surface area contributed by atoms with Crippen molar-refractivity contribution in [1.29, 1.82) is 0 Å². The molecule has 3 rings (SSSR count). The van der Waals surface area contributed by atoms with Gasteiger partial charge in [0.15, 0.2) is 6.10 Å². The zero-order valence-electron chi connectivity index (χ0n) is 16.7. The van der Waals surface area contributed by atoms with Crippen LogP contribution < -0.4 is 14.4 Å². The van der Waals surface area contributed by atoms with E-state index in [1.54, 1.807) is 7.11 Å². The SMILES string of the molecule is COc1ccc(N2CCCN(C(=O)C(C)Oc3ccc(C)cc3Br)CC2)cc1. The minimum atomic E-state index is -0.522. The van der Waals surface area contributed by atoms with Crippen LogP contribution >= 0.6 is 15.9 Å². The molecule has 2 aromatic rings. The number of methoxy groups -OCH3 is 1. The molecule has 0 saturated carbocycles. The van der Waals surface area contributed by atoms with Crippen molar-refractivity contribution in [2.75, 3.05) is 38.2 Å². The summed E-state index contributed by atoms with van der Waals surface area (Å²) in [6, 6.07) is 13.9. The van der Waals surface area contributed by atoms with Crippen molar-refractivity contribution in [1.82, 2.24) is 4.90 Å². The van der Waals surface area contributed by atoms with Gasteiger partial charge >= 0.3 is 0 Å². The molecular weight excluding hydrogens is 420 g/mol. The van der Waals surface area contributed by atoms with Crippen molar-refractivity contribution in [2.45, 2.75) is 26.4 Å². The lowest BCUT2D eigenvalue weighted by atomic mass is 10.2. The number of rotatable bonds is 5. The van der Waals surface area contributed by atoms with Crippen LogP contribution in [0.15, 0.2) is 46.9 Å². The van der Waals surface area contributed by atoms with E-state index in [9.17, 15) is 4.79 Å². The van der Waals surface area contributed by atoms with Gasteiger partial charge < -0.3 is 19.3 Å². The standard InChI is InChI=1S/C22H27BrN2O3/c1-16-5-10-21(20(23)15-16)28-17(2)22(26)25-12-4-11-24(13-14-25)18-6-8-19(27-3)9-7-18/h5-10,15,17H,4,11-14H2,1-3H3. The first-order chi connectivity index (χ1) is 13.5. The number of carbonyl (C=O) groups is 1. The normalized spacial score (nSPS) is 15.7. The third-order valence-corrected chi connectivity index (χ3v) is 5.60. The van der Waals surface area contributed by atoms with Gasteiger partial charge in [0.2, 0.25) is 0 Å². The third-order valence-electron chi connectivity index (χ3n) is 4.98. The molecule has 1 fully saturated rings. The highest BCUT2D eigenvalue weighted by Crippen LogP contribution is 2.27. The Labute approximate surface area is 175 Å². The Balaban J connectivity index is 1.59. The quantitative estimate of drug-likeness (QED) is 0.687. The van der Waals surface area contributed by atoms with Crippen molar-refractivity contribution >= 4 is 27.5 Å². The van der Waals surface area contributed by atoms with Crippen LogP contribution in [0, 0.1) is 6.92 Å². The highest BCUT2D eigenvalue weighted by molar-refractivity contribution is 9.10. The molecule has 0 aliphatic carbocycles. The van der Waals surface area contributed by atoms with Gasteiger partial charge in [-0.1, -0.05) is 6.07 Å². The number of nitrogens with zero attached hydrogens (tertiary/aromatic N) is 2. The Morgan fingerprint density at radius 3 is 2.50 bits per heavy atom. The summed E-state index contributed by atoms with van der Waals surface area (Å²) in [4.78, 5) is 17.1. The Hall–Kier alpha value is -2.21. The van der Waals surface area contributed by atoms with E-state index in [-0.39, 0.29) is 5.91 Å². The molecular formula is C22H27BrN2O3. The second kappa shape index (κ2) is 9.32. The Kier molecular flexibility index (Phi) is 6.83. The van der Waals surface area contributed by atoms with Gasteiger partial charge in [0.1, 0.15) is 11.5 Å². The van der Waals surface area contributed by atoms with Gasteiger partial charge in [-0.05, 0) is 78.2 Å². The highest BCUT2D eigenvalue weighted by atomic mass is 79.9. The molecule has 1 unspecified atom stereocenters. The molecule has 2 aromatic carbocycles. The van der Waals surface area contributed by atoms with Gasteiger partial charge in [-0.3, -0.25) is 4.79 Å². The van der Waals surface area contributed by atoms with Crippen LogP contribution in [0.25, 0.3) is 0 Å². The number of halogens is 1. The molecule has 1 aliphatic heterocycles. The summed E-state index contributed by atoms with van der Waals surface area (Å²) in [5, 5.41) is 0. The van der Waals surface area contributed by atoms with E-state index in [0.29, 0.717) is 12.3 Å². The molecule has 150 valence electrons. The Morgan fingerprint density at radius 1 is 1.07 bits per heavy atom. The zero-order chi connectivity index (χ0) is 20.1. The molecule has 1 amide bonds. The maximum Gasteiger partial charge on any atom is 0.263 e. The first-order valence-electron chi connectivity index (χ1n) is 9.58. The van der Waals surface area contributed by atoms with Crippen molar-refractivity contribution in [2.24, 2.45) is 0 Å². The highest BCUT2D eigenvalue weighted by Gasteiger charge is 2.25. The van der Waals surface area contributed by atoms with E-state index in [4.69, 9.17) is 9.47 Å². The van der Waals surface area contributed by atoms with Crippen molar-refractivity contribution in [3.05, 3.63) is 52.5 Å². The number of hydrogen-bond donors (Lipinski definition) is 0. The fraction of sp³-hybridized carbons (Fsp3) is 0.409. The minimum Gasteiger partial charge on any atom is -0.497 e. The number of anilines is 1. The van der Waals surface area contributed by atoms with E-state index in [0.717, 1.165) is 47.5 Å². The summed E-state index contributed by atoms with van der Waals surface area (Å²) >= 11 is 3.51. The molecule has 0 bridgehead atoms. The molecule has 1 aliphatic rings. The van der Waals surface area contributed by atoms with E-state index >= 15 is 0 Å². The predicted molar refractivity (Wildman–Crippen MR) is 115 cm³/mol. The van der Waals surface area contributed by atoms with Gasteiger partial charge in [0, 0.05) is 31.9 Å². The van der Waals surface area contributed by atoms with Crippen LogP contribution in [0.5, 0.6) is 11.5 Å². The van der Waals surface area contributed by atoms with E-state index in [1.165, 1.54) is 0 Å². The maximum absolute atomic E-state index is 12.9. The number of carbonyl (C=O) groups excluding carboxylic acids is 1. The van der Waals surface area contributed by atoms with Crippen LogP contribution in [-0.2, 0) is 4.79 Å². The summed E-state index contributed by atoms with van der Waals surface area (Å²) in [5.74, 6) is 1.58. The molecule has 6 heteroatoms. The fourth-order valence-electron chi connectivity index (χ4n) is 3.39. The van der Waals surface area contributed by atoms with E-state index < -0.39 is 6.10 Å². The van der Waals surface area contributed by atoms with Gasteiger partial charge in [0.25, 0.3) is 5.91 Å². The minimum absolute atomic E-state index is 0.0315. The Bertz CT molecular complexity index is 810. The number of benzene rings is 2. The number of ether oxygens (including phenoxy) is 2. The molecule has 0 aromatic heterocycles. The zero-order valence-corrected chi connectivity index (χ0v) is 18.2. The van der Waals surface area contributed by atoms with E-state index in [1.807, 2.05) is 49.1 Å². The lowest BCUT2D eigenvalue weighted by molar-refractivity contribution is -0.137. The average Bonchev–Trinajstić information content (AvgIpc) is 2.96. The molecule has 5 nitrogen and oxygen atoms in total. The largest absolute Gasteiger partial charge is 0.497 e.